The standard InChI is InChI=1S/C5H12.C5H10/c1-4-5(2)3;1-3-5-4-2/h5H,4H2,1-3H3;3H,1,4-5H2,2H3. The van der Waals surface area contributed by atoms with E-state index < -0.39 is 0 Å². The number of allylic oxidation sites excluding steroid dienone is 1. The summed E-state index contributed by atoms with van der Waals surface area (Å²) in [5.74, 6) is 0.884. The summed E-state index contributed by atoms with van der Waals surface area (Å²) in [5.41, 5.74) is 0. The second-order valence-corrected chi connectivity index (χ2v) is 2.88. The monoisotopic (exact) mass is 142 g/mol. The molecule has 0 aliphatic carbocycles. The molecule has 0 saturated heterocycles. The number of unbranched alkanes of at least 4 members (excludes halogenated alkanes) is 1. The van der Waals surface area contributed by atoms with E-state index in [1.165, 1.54) is 12.8 Å². The van der Waals surface area contributed by atoms with Crippen LogP contribution in [0.3, 0.4) is 0 Å². The SMILES string of the molecule is C=CCCC.CCC(C)C. The zero-order valence-electron chi connectivity index (χ0n) is 7.98. The van der Waals surface area contributed by atoms with E-state index in [0.29, 0.717) is 0 Å². The van der Waals surface area contributed by atoms with Gasteiger partial charge in [-0.15, -0.1) is 6.58 Å². The molecule has 0 atom stereocenters. The van der Waals surface area contributed by atoms with Gasteiger partial charge in [0.25, 0.3) is 0 Å². The highest BCUT2D eigenvalue weighted by molar-refractivity contribution is 4.63. The van der Waals surface area contributed by atoms with Gasteiger partial charge in [0.2, 0.25) is 0 Å². The van der Waals surface area contributed by atoms with E-state index in [-0.39, 0.29) is 0 Å². The van der Waals surface area contributed by atoms with E-state index in [1.54, 1.807) is 0 Å². The maximum absolute atomic E-state index is 3.55. The lowest BCUT2D eigenvalue weighted by molar-refractivity contribution is 0.626. The first-order valence-corrected chi connectivity index (χ1v) is 4.29. The van der Waals surface area contributed by atoms with Crippen LogP contribution in [0.5, 0.6) is 0 Å². The molecule has 0 aromatic rings. The summed E-state index contributed by atoms with van der Waals surface area (Å²) in [6.45, 7) is 12.3. The Hall–Kier alpha value is -0.260. The molecule has 0 rings (SSSR count). The van der Waals surface area contributed by atoms with Gasteiger partial charge >= 0.3 is 0 Å². The van der Waals surface area contributed by atoms with E-state index in [0.717, 1.165) is 12.3 Å². The molecule has 0 bridgehead atoms. The molecule has 0 amide bonds. The molecule has 0 nitrogen and oxygen atoms in total. The van der Waals surface area contributed by atoms with E-state index in [4.69, 9.17) is 0 Å². The Balaban J connectivity index is 0. The third-order valence-corrected chi connectivity index (χ3v) is 1.31. The van der Waals surface area contributed by atoms with Crippen LogP contribution in [0.25, 0.3) is 0 Å². The molecular formula is C10H22. The van der Waals surface area contributed by atoms with Crippen molar-refractivity contribution >= 4 is 0 Å². The van der Waals surface area contributed by atoms with E-state index in [9.17, 15) is 0 Å². The molecule has 0 heteroatoms. The Morgan fingerprint density at radius 2 is 1.70 bits per heavy atom. The second kappa shape index (κ2) is 11.5. The fourth-order valence-electron chi connectivity index (χ4n) is 0.204. The fraction of sp³-hybridized carbons (Fsp3) is 0.800. The summed E-state index contributed by atoms with van der Waals surface area (Å²) in [6.07, 6.45) is 5.61. The topological polar surface area (TPSA) is 0 Å². The van der Waals surface area contributed by atoms with Crippen molar-refractivity contribution < 1.29 is 0 Å². The first kappa shape index (κ1) is 12.4. The number of rotatable bonds is 3. The highest BCUT2D eigenvalue weighted by Crippen LogP contribution is 1.93. The molecule has 0 aromatic carbocycles. The van der Waals surface area contributed by atoms with Crippen molar-refractivity contribution in [3.8, 4) is 0 Å². The zero-order chi connectivity index (χ0) is 8.41. The van der Waals surface area contributed by atoms with Gasteiger partial charge in [0.1, 0.15) is 0 Å². The van der Waals surface area contributed by atoms with Crippen LogP contribution in [0.2, 0.25) is 0 Å². The van der Waals surface area contributed by atoms with Crippen LogP contribution in [0.4, 0.5) is 0 Å². The third-order valence-electron chi connectivity index (χ3n) is 1.31. The van der Waals surface area contributed by atoms with Gasteiger partial charge in [0, 0.05) is 0 Å². The number of hydrogen-bond donors (Lipinski definition) is 0. The van der Waals surface area contributed by atoms with Gasteiger partial charge in [-0.2, -0.15) is 0 Å². The molecule has 0 radical (unpaired) electrons. The molecule has 0 heterocycles. The first-order chi connectivity index (χ1) is 4.68. The van der Waals surface area contributed by atoms with Crippen LogP contribution >= 0.6 is 0 Å². The van der Waals surface area contributed by atoms with Gasteiger partial charge in [-0.1, -0.05) is 46.6 Å². The Morgan fingerprint density at radius 3 is 1.70 bits per heavy atom. The molecule has 0 fully saturated rings. The molecule has 0 aromatic heterocycles. The predicted octanol–water partition coefficient (Wildman–Crippen LogP) is 4.02. The van der Waals surface area contributed by atoms with Gasteiger partial charge in [-0.25, -0.2) is 0 Å². The second-order valence-electron chi connectivity index (χ2n) is 2.88. The summed E-state index contributed by atoms with van der Waals surface area (Å²) in [5, 5.41) is 0. The fourth-order valence-corrected chi connectivity index (χ4v) is 0.204. The highest BCUT2D eigenvalue weighted by Gasteiger charge is 1.80. The quantitative estimate of drug-likeness (QED) is 0.522. The molecular weight excluding hydrogens is 120 g/mol. The summed E-state index contributed by atoms with van der Waals surface area (Å²) >= 11 is 0. The Labute approximate surface area is 66.3 Å². The first-order valence-electron chi connectivity index (χ1n) is 4.29. The van der Waals surface area contributed by atoms with E-state index in [1.807, 2.05) is 6.08 Å². The molecule has 0 saturated carbocycles. The minimum absolute atomic E-state index is 0.884. The van der Waals surface area contributed by atoms with Gasteiger partial charge in [0.15, 0.2) is 0 Å². The van der Waals surface area contributed by atoms with Crippen molar-refractivity contribution in [2.24, 2.45) is 5.92 Å². The van der Waals surface area contributed by atoms with Gasteiger partial charge in [-0.05, 0) is 12.3 Å². The minimum atomic E-state index is 0.884. The smallest absolute Gasteiger partial charge is 0.0356 e. The summed E-state index contributed by atoms with van der Waals surface area (Å²) < 4.78 is 0. The van der Waals surface area contributed by atoms with Crippen LogP contribution in [0.1, 0.15) is 47.0 Å². The van der Waals surface area contributed by atoms with Crippen molar-refractivity contribution in [3.63, 3.8) is 0 Å². The Kier molecular flexibility index (Phi) is 14.3. The highest BCUT2D eigenvalue weighted by atomic mass is 13.9. The molecule has 0 aliphatic rings. The Bertz CT molecular complexity index is 53.1. The Morgan fingerprint density at radius 1 is 1.30 bits per heavy atom. The van der Waals surface area contributed by atoms with E-state index in [2.05, 4.69) is 34.3 Å². The van der Waals surface area contributed by atoms with Crippen LogP contribution in [-0.4, -0.2) is 0 Å². The average Bonchev–Trinajstić information content (AvgIpc) is 1.91. The molecule has 0 spiro atoms. The van der Waals surface area contributed by atoms with Crippen LogP contribution in [0.15, 0.2) is 12.7 Å². The molecule has 0 N–H and O–H groups in total. The third kappa shape index (κ3) is 25.1. The molecule has 0 aliphatic heterocycles. The molecule has 10 heavy (non-hydrogen) atoms. The van der Waals surface area contributed by atoms with Gasteiger partial charge < -0.3 is 0 Å². The van der Waals surface area contributed by atoms with E-state index >= 15 is 0 Å². The normalized spacial score (nSPS) is 8.50. The predicted molar refractivity (Wildman–Crippen MR) is 50.2 cm³/mol. The van der Waals surface area contributed by atoms with Crippen LogP contribution in [0, 0.1) is 5.92 Å². The van der Waals surface area contributed by atoms with Crippen LogP contribution < -0.4 is 0 Å². The minimum Gasteiger partial charge on any atom is -0.103 e. The van der Waals surface area contributed by atoms with Gasteiger partial charge in [-0.3, -0.25) is 0 Å². The van der Waals surface area contributed by atoms with Crippen molar-refractivity contribution in [1.82, 2.24) is 0 Å². The lowest BCUT2D eigenvalue weighted by atomic mass is 10.2. The van der Waals surface area contributed by atoms with Gasteiger partial charge in [0.05, 0.1) is 0 Å². The zero-order valence-corrected chi connectivity index (χ0v) is 7.98. The largest absolute Gasteiger partial charge is 0.103 e. The number of hydrogen-bond acceptors (Lipinski definition) is 0. The van der Waals surface area contributed by atoms with Crippen LogP contribution in [-0.2, 0) is 0 Å². The molecule has 0 unspecified atom stereocenters. The summed E-state index contributed by atoms with van der Waals surface area (Å²) in [4.78, 5) is 0. The average molecular weight is 142 g/mol. The maximum Gasteiger partial charge on any atom is -0.0356 e. The lowest BCUT2D eigenvalue weighted by Crippen LogP contribution is -1.77. The van der Waals surface area contributed by atoms with Crippen molar-refractivity contribution in [1.29, 1.82) is 0 Å². The maximum atomic E-state index is 3.55. The summed E-state index contributed by atoms with van der Waals surface area (Å²) in [6, 6.07) is 0. The molecule has 62 valence electrons. The summed E-state index contributed by atoms with van der Waals surface area (Å²) in [7, 11) is 0. The van der Waals surface area contributed by atoms with Crippen molar-refractivity contribution in [3.05, 3.63) is 12.7 Å². The van der Waals surface area contributed by atoms with Crippen molar-refractivity contribution in [2.75, 3.05) is 0 Å². The van der Waals surface area contributed by atoms with Crippen molar-refractivity contribution in [2.45, 2.75) is 47.0 Å². The lowest BCUT2D eigenvalue weighted by Gasteiger charge is -1.90.